The molecule has 0 amide bonds. The molecular weight excluding hydrogens is 259 g/mol. The topological polar surface area (TPSA) is 0 Å². The van der Waals surface area contributed by atoms with Gasteiger partial charge in [0.2, 0.25) is 0 Å². The van der Waals surface area contributed by atoms with Crippen molar-refractivity contribution in [1.29, 1.82) is 0 Å². The van der Waals surface area contributed by atoms with Crippen molar-refractivity contribution < 1.29 is 23.2 Å². The van der Waals surface area contributed by atoms with E-state index < -0.39 is 23.2 Å². The van der Waals surface area contributed by atoms with Crippen LogP contribution in [0.5, 0.6) is 0 Å². The second kappa shape index (κ2) is 4.38. The van der Waals surface area contributed by atoms with Gasteiger partial charge in [0, 0.05) is 0 Å². The van der Waals surface area contributed by atoms with Gasteiger partial charge in [-0.2, -0.15) is 0 Å². The van der Waals surface area contributed by atoms with E-state index in [2.05, 4.69) is 45.9 Å². The molecule has 2 aliphatic rings. The van der Waals surface area contributed by atoms with Crippen molar-refractivity contribution in [3.8, 4) is 0 Å². The van der Waals surface area contributed by atoms with E-state index in [-0.39, 0.29) is 0 Å². The molecular formula is C14H18Zr. The zero-order valence-electron chi connectivity index (χ0n) is 10.0. The standard InChI is InChI=1S/C9H13.C5H5.Zr/c1-6-5-7(2)9(4)8(6)3;1-2-4-5-3-1;/h6H,1-4H3;1-3H,4H2;. The zero-order chi connectivity index (χ0) is 11.0. The Morgan fingerprint density at radius 2 is 1.93 bits per heavy atom. The normalized spacial score (nSPS) is 25.3. The SMILES string of the molecule is CC1=C(C)C(C)[C]([Zr][C]2=CC=CC2)=C1C. The molecule has 1 atom stereocenters. The molecule has 1 heteroatoms. The Labute approximate surface area is 104 Å². The Bertz CT molecular complexity index is 405. The number of hydrogen-bond acceptors (Lipinski definition) is 0. The van der Waals surface area contributed by atoms with E-state index in [1.165, 1.54) is 6.42 Å². The summed E-state index contributed by atoms with van der Waals surface area (Å²) in [6.45, 7) is 9.29. The van der Waals surface area contributed by atoms with E-state index in [9.17, 15) is 0 Å². The molecule has 0 radical (unpaired) electrons. The van der Waals surface area contributed by atoms with Crippen LogP contribution in [0.4, 0.5) is 0 Å². The molecule has 0 bridgehead atoms. The average molecular weight is 278 g/mol. The Hall–Kier alpha value is -0.157. The maximum atomic E-state index is 2.38. The van der Waals surface area contributed by atoms with Gasteiger partial charge in [0.1, 0.15) is 0 Å². The van der Waals surface area contributed by atoms with Gasteiger partial charge in [-0.25, -0.2) is 0 Å². The number of allylic oxidation sites excluding steroid dienone is 8. The van der Waals surface area contributed by atoms with Crippen LogP contribution in [0.1, 0.15) is 34.1 Å². The van der Waals surface area contributed by atoms with Crippen LogP contribution in [-0.2, 0) is 23.2 Å². The fourth-order valence-electron chi connectivity index (χ4n) is 2.28. The third-order valence-electron chi connectivity index (χ3n) is 3.71. The molecule has 0 spiro atoms. The second-order valence-corrected chi connectivity index (χ2v) is 8.03. The number of rotatable bonds is 2. The van der Waals surface area contributed by atoms with Gasteiger partial charge in [-0.1, -0.05) is 0 Å². The Balaban J connectivity index is 2.18. The first-order valence-corrected chi connectivity index (χ1v) is 8.08. The van der Waals surface area contributed by atoms with E-state index in [0.29, 0.717) is 0 Å². The van der Waals surface area contributed by atoms with Crippen LogP contribution >= 0.6 is 0 Å². The van der Waals surface area contributed by atoms with E-state index in [1.807, 2.05) is 3.28 Å². The van der Waals surface area contributed by atoms with Gasteiger partial charge in [0.25, 0.3) is 0 Å². The minimum atomic E-state index is -0.456. The van der Waals surface area contributed by atoms with Crippen molar-refractivity contribution in [3.05, 3.63) is 41.5 Å². The molecule has 2 aliphatic carbocycles. The molecule has 0 aliphatic heterocycles. The molecule has 0 N–H and O–H groups in total. The van der Waals surface area contributed by atoms with E-state index in [4.69, 9.17) is 0 Å². The Morgan fingerprint density at radius 3 is 2.40 bits per heavy atom. The summed E-state index contributed by atoms with van der Waals surface area (Å²) in [7, 11) is 0. The van der Waals surface area contributed by atoms with Crippen molar-refractivity contribution in [1.82, 2.24) is 0 Å². The van der Waals surface area contributed by atoms with Crippen LogP contribution in [0.15, 0.2) is 41.5 Å². The summed E-state index contributed by atoms with van der Waals surface area (Å²) in [4.78, 5) is 0. The summed E-state index contributed by atoms with van der Waals surface area (Å²) < 4.78 is 3.55. The predicted octanol–water partition coefficient (Wildman–Crippen LogP) is 4.17. The summed E-state index contributed by atoms with van der Waals surface area (Å²) in [5, 5.41) is 0. The van der Waals surface area contributed by atoms with Gasteiger partial charge < -0.3 is 0 Å². The molecule has 0 aromatic heterocycles. The summed E-state index contributed by atoms with van der Waals surface area (Å²) in [6.07, 6.45) is 8.09. The molecule has 2 rings (SSSR count). The Morgan fingerprint density at radius 1 is 1.20 bits per heavy atom. The molecule has 0 heterocycles. The van der Waals surface area contributed by atoms with Crippen molar-refractivity contribution in [2.45, 2.75) is 34.1 Å². The predicted molar refractivity (Wildman–Crippen MR) is 62.1 cm³/mol. The quantitative estimate of drug-likeness (QED) is 0.710. The van der Waals surface area contributed by atoms with Crippen molar-refractivity contribution >= 4 is 0 Å². The van der Waals surface area contributed by atoms with E-state index in [1.54, 1.807) is 20.0 Å². The fraction of sp³-hybridized carbons (Fsp3) is 0.429. The van der Waals surface area contributed by atoms with Gasteiger partial charge in [0.15, 0.2) is 0 Å². The maximum absolute atomic E-state index is 2.38. The summed E-state index contributed by atoms with van der Waals surface area (Å²) in [5.74, 6) is 0.734. The van der Waals surface area contributed by atoms with Gasteiger partial charge in [-0.05, 0) is 0 Å². The molecule has 0 aromatic rings. The van der Waals surface area contributed by atoms with Gasteiger partial charge >= 0.3 is 105 Å². The van der Waals surface area contributed by atoms with Crippen LogP contribution in [0.25, 0.3) is 0 Å². The van der Waals surface area contributed by atoms with E-state index >= 15 is 0 Å². The summed E-state index contributed by atoms with van der Waals surface area (Å²) >= 11 is -0.456. The van der Waals surface area contributed by atoms with Crippen molar-refractivity contribution in [2.75, 3.05) is 0 Å². The molecule has 0 fully saturated rings. The molecule has 0 saturated heterocycles. The third kappa shape index (κ3) is 2.04. The molecule has 0 saturated carbocycles. The second-order valence-electron chi connectivity index (χ2n) is 4.52. The van der Waals surface area contributed by atoms with Gasteiger partial charge in [-0.15, -0.1) is 0 Å². The molecule has 15 heavy (non-hydrogen) atoms. The fourth-order valence-corrected chi connectivity index (χ4v) is 6.10. The molecule has 78 valence electrons. The van der Waals surface area contributed by atoms with Gasteiger partial charge in [-0.3, -0.25) is 0 Å². The van der Waals surface area contributed by atoms with E-state index in [0.717, 1.165) is 5.92 Å². The zero-order valence-corrected chi connectivity index (χ0v) is 12.5. The van der Waals surface area contributed by atoms with Crippen LogP contribution < -0.4 is 0 Å². The molecule has 1 unspecified atom stereocenters. The summed E-state index contributed by atoms with van der Waals surface area (Å²) in [6, 6.07) is 0. The average Bonchev–Trinajstić information content (AvgIpc) is 2.79. The van der Waals surface area contributed by atoms with Crippen LogP contribution in [-0.4, -0.2) is 0 Å². The monoisotopic (exact) mass is 276 g/mol. The summed E-state index contributed by atoms with van der Waals surface area (Å²) in [5.41, 5.74) is 4.78. The van der Waals surface area contributed by atoms with Crippen LogP contribution in [0, 0.1) is 5.92 Å². The van der Waals surface area contributed by atoms with Gasteiger partial charge in [0.05, 0.1) is 0 Å². The molecule has 0 aromatic carbocycles. The minimum absolute atomic E-state index is 0.456. The van der Waals surface area contributed by atoms with Crippen molar-refractivity contribution in [2.24, 2.45) is 5.92 Å². The van der Waals surface area contributed by atoms with Crippen LogP contribution in [0.2, 0.25) is 0 Å². The third-order valence-corrected chi connectivity index (χ3v) is 8.06. The number of hydrogen-bond donors (Lipinski definition) is 0. The van der Waals surface area contributed by atoms with Crippen LogP contribution in [0.3, 0.4) is 0 Å². The first kappa shape index (κ1) is 11.3. The first-order valence-electron chi connectivity index (χ1n) is 5.62. The first-order chi connectivity index (χ1) is 7.11. The van der Waals surface area contributed by atoms with Crippen molar-refractivity contribution in [3.63, 3.8) is 0 Å². The molecule has 0 nitrogen and oxygen atoms in total. The Kier molecular flexibility index (Phi) is 3.31.